The predicted octanol–water partition coefficient (Wildman–Crippen LogP) is 2.16. The van der Waals surface area contributed by atoms with Crippen molar-refractivity contribution in [2.75, 3.05) is 21.7 Å². The van der Waals surface area contributed by atoms with Crippen LogP contribution in [0.3, 0.4) is 0 Å². The molecule has 0 spiro atoms. The molecule has 0 bridgehead atoms. The van der Waals surface area contributed by atoms with Crippen LogP contribution in [0.5, 0.6) is 0 Å². The zero-order chi connectivity index (χ0) is 28.0. The number of nitrogens with zero attached hydrogens (tertiary/aromatic N) is 3. The number of thioether (sulfide) groups is 1. The number of amides is 1. The summed E-state index contributed by atoms with van der Waals surface area (Å²) >= 11 is 1.32. The van der Waals surface area contributed by atoms with Crippen LogP contribution < -0.4 is 21.7 Å². The predicted molar refractivity (Wildman–Crippen MR) is 142 cm³/mol. The molecular formula is C21H27FN6O6S3. The molecule has 0 unspecified atom stereocenters. The lowest BCUT2D eigenvalue weighted by molar-refractivity contribution is -0.113. The summed E-state index contributed by atoms with van der Waals surface area (Å²) in [5.41, 5.74) is 12.2. The number of aliphatic imine (C=N–C) groups is 2. The first-order chi connectivity index (χ1) is 17.0. The van der Waals surface area contributed by atoms with E-state index >= 15 is 0 Å². The number of hydrogen-bond donors (Lipinski definition) is 4. The summed E-state index contributed by atoms with van der Waals surface area (Å²) in [6, 6.07) is 12.2. The summed E-state index contributed by atoms with van der Waals surface area (Å²) in [5.74, 6) is -0.000153. The van der Waals surface area contributed by atoms with Gasteiger partial charge in [0.2, 0.25) is 17.8 Å². The molecule has 12 nitrogen and oxygen atoms in total. The van der Waals surface area contributed by atoms with Gasteiger partial charge in [-0.3, -0.25) is 14.2 Å². The first-order valence-corrected chi connectivity index (χ1v) is 14.5. The molecule has 0 aromatic heterocycles. The van der Waals surface area contributed by atoms with E-state index in [1.807, 2.05) is 38.1 Å². The summed E-state index contributed by atoms with van der Waals surface area (Å²) in [6.45, 7) is 5.10. The number of guanidine groups is 2. The Bertz CT molecular complexity index is 1390. The summed E-state index contributed by atoms with van der Waals surface area (Å²) in [6.07, 6.45) is 0. The summed E-state index contributed by atoms with van der Waals surface area (Å²) in [4.78, 5) is 22.6. The maximum absolute atomic E-state index is 12.9. The Balaban J connectivity index is 0.000000717. The third kappa shape index (κ3) is 9.31. The minimum atomic E-state index is -4.77. The van der Waals surface area contributed by atoms with E-state index in [4.69, 9.17) is 16.0 Å². The minimum Gasteiger partial charge on any atom is -0.369 e. The molecule has 0 radical (unpaired) electrons. The second kappa shape index (κ2) is 11.9. The van der Waals surface area contributed by atoms with Crippen LogP contribution >= 0.6 is 11.8 Å². The van der Waals surface area contributed by atoms with Crippen molar-refractivity contribution in [3.8, 4) is 0 Å². The lowest BCUT2D eigenvalue weighted by Crippen LogP contribution is -2.54. The van der Waals surface area contributed by atoms with Gasteiger partial charge in [0.05, 0.1) is 16.4 Å². The maximum atomic E-state index is 12.9. The minimum absolute atomic E-state index is 0.123. The van der Waals surface area contributed by atoms with Crippen molar-refractivity contribution in [2.24, 2.45) is 21.5 Å². The lowest BCUT2D eigenvalue weighted by Gasteiger charge is -2.38. The quantitative estimate of drug-likeness (QED) is 0.216. The number of halogens is 1. The van der Waals surface area contributed by atoms with Gasteiger partial charge in [0.15, 0.2) is 0 Å². The monoisotopic (exact) mass is 574 g/mol. The molecule has 1 heterocycles. The van der Waals surface area contributed by atoms with Gasteiger partial charge < -0.3 is 16.8 Å². The molecule has 0 atom stereocenters. The molecule has 37 heavy (non-hydrogen) atoms. The highest BCUT2D eigenvalue weighted by Gasteiger charge is 2.32. The Morgan fingerprint density at radius 1 is 1.08 bits per heavy atom. The third-order valence-electron chi connectivity index (χ3n) is 4.64. The van der Waals surface area contributed by atoms with Crippen molar-refractivity contribution in [3.05, 3.63) is 48.5 Å². The molecule has 1 amide bonds. The Hall–Kier alpha value is -3.21. The van der Waals surface area contributed by atoms with Gasteiger partial charge in [0.25, 0.3) is 10.1 Å². The summed E-state index contributed by atoms with van der Waals surface area (Å²) in [5, 5.41) is 2.63. The number of nitrogens with one attached hydrogen (secondary N) is 1. The van der Waals surface area contributed by atoms with Crippen LogP contribution in [0.4, 0.5) is 15.3 Å². The smallest absolute Gasteiger partial charge is 0.332 e. The van der Waals surface area contributed by atoms with Crippen molar-refractivity contribution in [3.63, 3.8) is 0 Å². The summed E-state index contributed by atoms with van der Waals surface area (Å²) < 4.78 is 61.5. The molecule has 1 aliphatic rings. The number of rotatable bonds is 7. The molecule has 1 aliphatic heterocycles. The first-order valence-electron chi connectivity index (χ1n) is 10.5. The fourth-order valence-corrected chi connectivity index (χ4v) is 4.15. The van der Waals surface area contributed by atoms with Gasteiger partial charge in [-0.1, -0.05) is 0 Å². The molecule has 3 rings (SSSR count). The highest BCUT2D eigenvalue weighted by atomic mass is 32.3. The van der Waals surface area contributed by atoms with E-state index in [0.29, 0.717) is 5.69 Å². The number of benzene rings is 2. The molecule has 0 saturated heterocycles. The van der Waals surface area contributed by atoms with Gasteiger partial charge in [0, 0.05) is 16.3 Å². The van der Waals surface area contributed by atoms with Crippen LogP contribution in [0.25, 0.3) is 0 Å². The third-order valence-corrected chi connectivity index (χ3v) is 7.22. The van der Waals surface area contributed by atoms with Gasteiger partial charge in [-0.25, -0.2) is 4.99 Å². The zero-order valence-corrected chi connectivity index (χ0v) is 22.6. The van der Waals surface area contributed by atoms with Crippen LogP contribution in [0, 0.1) is 0 Å². The average molecular weight is 575 g/mol. The van der Waals surface area contributed by atoms with Gasteiger partial charge in [-0.15, -0.1) is 15.6 Å². The highest BCUT2D eigenvalue weighted by molar-refractivity contribution is 8.00. The van der Waals surface area contributed by atoms with Gasteiger partial charge >= 0.3 is 10.2 Å². The zero-order valence-electron chi connectivity index (χ0n) is 20.1. The van der Waals surface area contributed by atoms with Crippen LogP contribution in [-0.2, 0) is 25.1 Å². The fourth-order valence-electron chi connectivity index (χ4n) is 2.99. The van der Waals surface area contributed by atoms with Gasteiger partial charge in [0.1, 0.15) is 5.66 Å². The second-order valence-corrected chi connectivity index (χ2v) is 12.1. The molecule has 6 N–H and O–H groups in total. The van der Waals surface area contributed by atoms with Crippen molar-refractivity contribution in [1.29, 1.82) is 0 Å². The first kappa shape index (κ1) is 30.0. The SMILES string of the molecule is CC1(C)N=C(N)N=C(N)N1c1ccc(SCC(=O)Nc2ccc(S(=O)(=O)F)cc2)cc1.CCS(=O)(=O)O. The molecule has 16 heteroatoms. The van der Waals surface area contributed by atoms with Crippen LogP contribution in [0.2, 0.25) is 0 Å². The summed E-state index contributed by atoms with van der Waals surface area (Å²) in [7, 11) is -8.43. The van der Waals surface area contributed by atoms with E-state index in [1.165, 1.54) is 30.8 Å². The van der Waals surface area contributed by atoms with E-state index in [0.717, 1.165) is 22.7 Å². The van der Waals surface area contributed by atoms with E-state index in [2.05, 4.69) is 15.3 Å². The number of carbonyl (C=O) groups excluding carboxylic acids is 1. The molecule has 0 fully saturated rings. The van der Waals surface area contributed by atoms with Crippen LogP contribution in [0.15, 0.2) is 68.3 Å². The van der Waals surface area contributed by atoms with E-state index in [-0.39, 0.29) is 29.3 Å². The number of anilines is 2. The Morgan fingerprint density at radius 2 is 1.62 bits per heavy atom. The molecule has 0 aliphatic carbocycles. The van der Waals surface area contributed by atoms with Crippen LogP contribution in [-0.4, -0.2) is 56.4 Å². The Kier molecular flexibility index (Phi) is 9.65. The van der Waals surface area contributed by atoms with Gasteiger partial charge in [-0.05, 0) is 69.3 Å². The number of carbonyl (C=O) groups is 1. The average Bonchev–Trinajstić information content (AvgIpc) is 2.77. The Labute approximate surface area is 219 Å². The molecule has 2 aromatic carbocycles. The van der Waals surface area contributed by atoms with Crippen LogP contribution in [0.1, 0.15) is 20.8 Å². The number of nitrogens with two attached hydrogens (primary N) is 2. The second-order valence-electron chi connectivity index (χ2n) is 7.93. The van der Waals surface area contributed by atoms with Crippen molar-refractivity contribution in [1.82, 2.24) is 0 Å². The highest BCUT2D eigenvalue weighted by Crippen LogP contribution is 2.29. The molecule has 2 aromatic rings. The maximum Gasteiger partial charge on any atom is 0.332 e. The standard InChI is InChI=1S/C19H21FN6O3S2.C2H6O3S/c1-19(2)25-17(21)24-18(22)26(19)13-5-7-14(8-6-13)30-11-16(27)23-12-3-9-15(10-4-12)31(20,28)29;1-2-6(3,4)5/h3-10H,11H2,1-2H3,(H,23,27)(H4,21,22,24,25);2H2,1H3,(H,3,4,5). The van der Waals surface area contributed by atoms with Gasteiger partial charge in [-0.2, -0.15) is 21.8 Å². The molecular weight excluding hydrogens is 547 g/mol. The van der Waals surface area contributed by atoms with Crippen molar-refractivity contribution in [2.45, 2.75) is 36.2 Å². The molecule has 0 saturated carbocycles. The van der Waals surface area contributed by atoms with Crippen molar-refractivity contribution < 1.29 is 30.1 Å². The van der Waals surface area contributed by atoms with Crippen molar-refractivity contribution >= 4 is 61.3 Å². The van der Waals surface area contributed by atoms with E-state index in [1.54, 1.807) is 4.90 Å². The van der Waals surface area contributed by atoms with E-state index < -0.39 is 30.9 Å². The van der Waals surface area contributed by atoms with E-state index in [9.17, 15) is 25.5 Å². The lowest BCUT2D eigenvalue weighted by atomic mass is 10.1. The topological polar surface area (TPSA) is 198 Å². The normalized spacial score (nSPS) is 15.1. The fraction of sp³-hybridized carbons (Fsp3) is 0.286. The number of hydrogen-bond acceptors (Lipinski definition) is 11. The Morgan fingerprint density at radius 3 is 2.08 bits per heavy atom. The molecule has 202 valence electrons. The largest absolute Gasteiger partial charge is 0.369 e.